The van der Waals surface area contributed by atoms with Crippen molar-refractivity contribution < 1.29 is 58.3 Å². The first kappa shape index (κ1) is 57.1. The van der Waals surface area contributed by atoms with Crippen molar-refractivity contribution in [2.45, 2.75) is 307 Å². The van der Waals surface area contributed by atoms with Crippen LogP contribution >= 0.6 is 0 Å². The van der Waals surface area contributed by atoms with Crippen LogP contribution in [0.25, 0.3) is 0 Å². The second kappa shape index (κ2) is 31.0. The van der Waals surface area contributed by atoms with Crippen LogP contribution in [0, 0.1) is 5.41 Å². The standard InChI is InChI=1S/C53H100O12/c1-7-9-11-13-15-17-19-21-23-25-27-29-31-33-35-53(36-34-32-30-28-26-24-22-20-18-16-14-12-10-8-2,39-58-49-43(56)47-45(41(37-54)60-49)62-51(3,4)64-47)40-59-50-44(57)48-46(42(38-55)61-50)63-52(5,6)65-48/h41-50,54-57H,7-40H2,1-6H3/t41-,42-,43-,44-,45+,46+,47-,48-,49-,50-/m1/s1. The normalized spacial score (nSPS) is 29.6. The van der Waals surface area contributed by atoms with E-state index < -0.39 is 78.4 Å². The molecule has 4 fully saturated rings. The van der Waals surface area contributed by atoms with Crippen LogP contribution in [-0.4, -0.2) is 120 Å². The van der Waals surface area contributed by atoms with E-state index in [1.165, 1.54) is 154 Å². The van der Waals surface area contributed by atoms with Gasteiger partial charge in [-0.2, -0.15) is 0 Å². The molecule has 4 rings (SSSR count). The number of fused-ring (bicyclic) bond motifs is 2. The predicted molar refractivity (Wildman–Crippen MR) is 255 cm³/mol. The maximum absolute atomic E-state index is 11.6. The fourth-order valence-corrected chi connectivity index (χ4v) is 10.6. The molecule has 0 unspecified atom stereocenters. The summed E-state index contributed by atoms with van der Waals surface area (Å²) in [5, 5.41) is 43.8. The molecule has 65 heavy (non-hydrogen) atoms. The Morgan fingerprint density at radius 2 is 0.662 bits per heavy atom. The number of aliphatic hydroxyl groups is 4. The molecule has 4 heterocycles. The second-order valence-electron chi connectivity index (χ2n) is 21.4. The van der Waals surface area contributed by atoms with Gasteiger partial charge < -0.3 is 58.3 Å². The molecule has 0 aliphatic carbocycles. The Hall–Kier alpha value is -0.480. The number of rotatable bonds is 38. The third-order valence-corrected chi connectivity index (χ3v) is 14.5. The van der Waals surface area contributed by atoms with Crippen LogP contribution in [-0.2, 0) is 37.9 Å². The molecule has 0 aromatic rings. The van der Waals surface area contributed by atoms with Crippen molar-refractivity contribution in [2.75, 3.05) is 26.4 Å². The predicted octanol–water partition coefficient (Wildman–Crippen LogP) is 10.9. The van der Waals surface area contributed by atoms with Gasteiger partial charge in [-0.25, -0.2) is 0 Å². The molecule has 0 radical (unpaired) electrons. The second-order valence-corrected chi connectivity index (χ2v) is 21.4. The van der Waals surface area contributed by atoms with Gasteiger partial charge in [-0.1, -0.05) is 194 Å². The van der Waals surface area contributed by atoms with Crippen molar-refractivity contribution in [3.05, 3.63) is 0 Å². The molecule has 10 atom stereocenters. The van der Waals surface area contributed by atoms with Crippen LogP contribution in [0.4, 0.5) is 0 Å². The van der Waals surface area contributed by atoms with E-state index in [1.807, 2.05) is 0 Å². The summed E-state index contributed by atoms with van der Waals surface area (Å²) in [6, 6.07) is 0. The minimum Gasteiger partial charge on any atom is -0.394 e. The Labute approximate surface area is 396 Å². The van der Waals surface area contributed by atoms with Crippen LogP contribution < -0.4 is 0 Å². The van der Waals surface area contributed by atoms with Gasteiger partial charge in [0.15, 0.2) is 24.2 Å². The highest BCUT2D eigenvalue weighted by Crippen LogP contribution is 2.42. The lowest BCUT2D eigenvalue weighted by Crippen LogP contribution is -2.59. The highest BCUT2D eigenvalue weighted by molar-refractivity contribution is 4.98. The zero-order valence-corrected chi connectivity index (χ0v) is 42.4. The average Bonchev–Trinajstić information content (AvgIpc) is 3.80. The fraction of sp³-hybridized carbons (Fsp3) is 1.00. The maximum atomic E-state index is 11.6. The Balaban J connectivity index is 1.38. The molecule has 0 aromatic carbocycles. The van der Waals surface area contributed by atoms with E-state index in [0.717, 1.165) is 38.5 Å². The van der Waals surface area contributed by atoms with Gasteiger partial charge in [0.1, 0.15) is 48.8 Å². The molecule has 384 valence electrons. The van der Waals surface area contributed by atoms with Gasteiger partial charge in [0.2, 0.25) is 0 Å². The van der Waals surface area contributed by atoms with Crippen molar-refractivity contribution in [2.24, 2.45) is 5.41 Å². The minimum atomic E-state index is -1.13. The first-order valence-electron chi connectivity index (χ1n) is 27.2. The van der Waals surface area contributed by atoms with E-state index >= 15 is 0 Å². The lowest BCUT2D eigenvalue weighted by molar-refractivity contribution is -0.303. The minimum absolute atomic E-state index is 0.232. The van der Waals surface area contributed by atoms with E-state index in [-0.39, 0.29) is 26.4 Å². The van der Waals surface area contributed by atoms with Crippen LogP contribution in [0.5, 0.6) is 0 Å². The molecule has 4 aliphatic heterocycles. The van der Waals surface area contributed by atoms with Crippen LogP contribution in [0.15, 0.2) is 0 Å². The zero-order chi connectivity index (χ0) is 47.0. The Morgan fingerprint density at radius 1 is 0.400 bits per heavy atom. The third kappa shape index (κ3) is 20.0. The van der Waals surface area contributed by atoms with Crippen LogP contribution in [0.1, 0.15) is 234 Å². The van der Waals surface area contributed by atoms with Crippen molar-refractivity contribution in [1.29, 1.82) is 0 Å². The van der Waals surface area contributed by atoms with E-state index in [9.17, 15) is 20.4 Å². The Morgan fingerprint density at radius 3 is 0.938 bits per heavy atom. The Kier molecular flexibility index (Phi) is 27.2. The van der Waals surface area contributed by atoms with Crippen molar-refractivity contribution in [3.63, 3.8) is 0 Å². The number of ether oxygens (including phenoxy) is 8. The lowest BCUT2D eigenvalue weighted by atomic mass is 9.79. The van der Waals surface area contributed by atoms with Gasteiger partial charge in [0.25, 0.3) is 0 Å². The molecule has 0 saturated carbocycles. The molecule has 0 spiro atoms. The van der Waals surface area contributed by atoms with Crippen molar-refractivity contribution in [1.82, 2.24) is 0 Å². The number of hydrogen-bond donors (Lipinski definition) is 4. The van der Waals surface area contributed by atoms with E-state index in [1.54, 1.807) is 27.7 Å². The maximum Gasteiger partial charge on any atom is 0.186 e. The van der Waals surface area contributed by atoms with E-state index in [0.29, 0.717) is 0 Å². The smallest absolute Gasteiger partial charge is 0.186 e. The van der Waals surface area contributed by atoms with Gasteiger partial charge in [-0.05, 0) is 40.5 Å². The summed E-state index contributed by atoms with van der Waals surface area (Å²) in [5.41, 5.74) is -0.504. The average molecular weight is 929 g/mol. The highest BCUT2D eigenvalue weighted by atomic mass is 16.8. The van der Waals surface area contributed by atoms with Gasteiger partial charge >= 0.3 is 0 Å². The van der Waals surface area contributed by atoms with Crippen molar-refractivity contribution >= 4 is 0 Å². The fourth-order valence-electron chi connectivity index (χ4n) is 10.6. The third-order valence-electron chi connectivity index (χ3n) is 14.5. The summed E-state index contributed by atoms with van der Waals surface area (Å²) < 4.78 is 50.0. The molecule has 12 nitrogen and oxygen atoms in total. The topological polar surface area (TPSA) is 155 Å². The SMILES string of the molecule is CCCCCCCCCCCCCCCCC(CCCCCCCCCCCCCCCC)(CO[C@@H]1O[C@H](CO)[C@@H]2OC(C)(C)O[C@@H]2[C@H]1O)CO[C@@H]1O[C@H](CO)[C@@H]2OC(C)(C)O[C@@H]2[C@H]1O. The molecule has 4 aliphatic rings. The monoisotopic (exact) mass is 929 g/mol. The van der Waals surface area contributed by atoms with Gasteiger partial charge in [-0.3, -0.25) is 0 Å². The zero-order valence-electron chi connectivity index (χ0n) is 42.4. The summed E-state index contributed by atoms with van der Waals surface area (Å²) >= 11 is 0. The molecule has 4 N–H and O–H groups in total. The quantitative estimate of drug-likeness (QED) is 0.0436. The van der Waals surface area contributed by atoms with Gasteiger partial charge in [0.05, 0.1) is 26.4 Å². The molecule has 0 aromatic heterocycles. The summed E-state index contributed by atoms with van der Waals surface area (Å²) in [6.45, 7) is 11.6. The summed E-state index contributed by atoms with van der Waals surface area (Å²) in [4.78, 5) is 0. The highest BCUT2D eigenvalue weighted by Gasteiger charge is 2.57. The van der Waals surface area contributed by atoms with Crippen LogP contribution in [0.2, 0.25) is 0 Å². The molecule has 0 amide bonds. The molecule has 12 heteroatoms. The molecule has 0 bridgehead atoms. The van der Waals surface area contributed by atoms with Crippen molar-refractivity contribution in [3.8, 4) is 0 Å². The Bertz CT molecular complexity index is 1110. The number of hydrogen-bond acceptors (Lipinski definition) is 12. The van der Waals surface area contributed by atoms with Gasteiger partial charge in [-0.15, -0.1) is 0 Å². The number of aliphatic hydroxyl groups excluding tert-OH is 4. The van der Waals surface area contributed by atoms with E-state index in [2.05, 4.69) is 13.8 Å². The summed E-state index contributed by atoms with van der Waals surface area (Å²) in [7, 11) is 0. The summed E-state index contributed by atoms with van der Waals surface area (Å²) in [5.74, 6) is -1.87. The van der Waals surface area contributed by atoms with Gasteiger partial charge in [0, 0.05) is 5.41 Å². The first-order valence-corrected chi connectivity index (χ1v) is 27.2. The number of unbranched alkanes of at least 4 members (excludes halogenated alkanes) is 26. The summed E-state index contributed by atoms with van der Waals surface area (Å²) in [6.07, 6.45) is 29.0. The molecular formula is C53H100O12. The molecule has 4 saturated heterocycles. The molecular weight excluding hydrogens is 829 g/mol. The van der Waals surface area contributed by atoms with Crippen LogP contribution in [0.3, 0.4) is 0 Å². The lowest BCUT2D eigenvalue weighted by Gasteiger charge is -2.43. The largest absolute Gasteiger partial charge is 0.394 e. The first-order chi connectivity index (χ1) is 31.4. The van der Waals surface area contributed by atoms with E-state index in [4.69, 9.17) is 37.9 Å².